The lowest BCUT2D eigenvalue weighted by Gasteiger charge is -2.19. The third-order valence-corrected chi connectivity index (χ3v) is 4.08. The quantitative estimate of drug-likeness (QED) is 0.255. The lowest BCUT2D eigenvalue weighted by molar-refractivity contribution is 0.0636. The molecule has 0 saturated carbocycles. The second-order valence-corrected chi connectivity index (χ2v) is 7.90. The van der Waals surface area contributed by atoms with Crippen LogP contribution in [0.2, 0.25) is 0 Å². The molecule has 1 aromatic heterocycles. The maximum absolute atomic E-state index is 11.8. The number of halogens is 1. The smallest absolute Gasteiger partial charge is 0.412 e. The van der Waals surface area contributed by atoms with Gasteiger partial charge in [-0.05, 0) is 57.4 Å². The highest BCUT2D eigenvalue weighted by Gasteiger charge is 2.16. The number of nitrogens with zero attached hydrogens (tertiary/aromatic N) is 2. The number of ether oxygens (including phenoxy) is 2. The molecule has 0 radical (unpaired) electrons. The van der Waals surface area contributed by atoms with Gasteiger partial charge in [0.15, 0.2) is 5.96 Å². The average molecular weight is 555 g/mol. The fraction of sp³-hybridized carbons (Fsp3) is 0.435. The third kappa shape index (κ3) is 10.7. The second kappa shape index (κ2) is 13.8. The first-order valence-electron chi connectivity index (χ1n) is 10.4. The van der Waals surface area contributed by atoms with Gasteiger partial charge in [0.25, 0.3) is 0 Å². The first-order valence-corrected chi connectivity index (χ1v) is 10.4. The first-order chi connectivity index (χ1) is 14.8. The number of carbonyl (C=O) groups excluding carboxylic acids is 1. The Hall–Kier alpha value is -2.56. The highest BCUT2D eigenvalue weighted by molar-refractivity contribution is 14.0. The van der Waals surface area contributed by atoms with Gasteiger partial charge in [-0.25, -0.2) is 14.8 Å². The summed E-state index contributed by atoms with van der Waals surface area (Å²) in [5, 5.41) is 9.32. The summed E-state index contributed by atoms with van der Waals surface area (Å²) in [6.45, 7) is 9.56. The van der Waals surface area contributed by atoms with Crippen LogP contribution in [0.25, 0.3) is 0 Å². The van der Waals surface area contributed by atoms with E-state index < -0.39 is 11.7 Å². The summed E-state index contributed by atoms with van der Waals surface area (Å²) in [6.07, 6.45) is 2.13. The Morgan fingerprint density at radius 3 is 2.31 bits per heavy atom. The molecule has 0 unspecified atom stereocenters. The topological polar surface area (TPSA) is 96.9 Å². The highest BCUT2D eigenvalue weighted by Crippen LogP contribution is 2.13. The first kappa shape index (κ1) is 27.5. The molecule has 9 heteroatoms. The number of aromatic nitrogens is 1. The Kier molecular flexibility index (Phi) is 11.8. The molecule has 0 aliphatic rings. The van der Waals surface area contributed by atoms with Gasteiger partial charge in [-0.2, -0.15) is 0 Å². The standard InChI is InChI=1S/C23H33N5O3.HI/c1-6-24-21(27-16-18-9-12-20(30-5)26-15-18)25-14-13-17-7-10-19(11-8-17)28-22(29)31-23(2,3)4;/h7-12,15H,6,13-14,16H2,1-5H3,(H,28,29)(H2,24,25,27);1H. The number of amides is 1. The third-order valence-electron chi connectivity index (χ3n) is 4.08. The summed E-state index contributed by atoms with van der Waals surface area (Å²) in [7, 11) is 1.60. The number of guanidine groups is 1. The van der Waals surface area contributed by atoms with Crippen LogP contribution < -0.4 is 20.7 Å². The summed E-state index contributed by atoms with van der Waals surface area (Å²) in [4.78, 5) is 20.6. The molecule has 0 fully saturated rings. The van der Waals surface area contributed by atoms with E-state index >= 15 is 0 Å². The van der Waals surface area contributed by atoms with E-state index in [0.717, 1.165) is 36.6 Å². The van der Waals surface area contributed by atoms with Gasteiger partial charge in [-0.15, -0.1) is 24.0 Å². The molecule has 0 saturated heterocycles. The van der Waals surface area contributed by atoms with E-state index in [1.165, 1.54) is 0 Å². The fourth-order valence-electron chi connectivity index (χ4n) is 2.64. The van der Waals surface area contributed by atoms with E-state index in [4.69, 9.17) is 9.47 Å². The highest BCUT2D eigenvalue weighted by atomic mass is 127. The lowest BCUT2D eigenvalue weighted by atomic mass is 10.1. The number of nitrogens with one attached hydrogen (secondary N) is 3. The van der Waals surface area contributed by atoms with Crippen LogP contribution >= 0.6 is 24.0 Å². The van der Waals surface area contributed by atoms with Crippen LogP contribution in [0.3, 0.4) is 0 Å². The van der Waals surface area contributed by atoms with Crippen molar-refractivity contribution in [2.24, 2.45) is 4.99 Å². The van der Waals surface area contributed by atoms with E-state index in [9.17, 15) is 4.79 Å². The maximum Gasteiger partial charge on any atom is 0.412 e. The Morgan fingerprint density at radius 2 is 1.75 bits per heavy atom. The van der Waals surface area contributed by atoms with Crippen molar-refractivity contribution in [3.8, 4) is 5.88 Å². The van der Waals surface area contributed by atoms with Crippen molar-refractivity contribution < 1.29 is 14.3 Å². The Morgan fingerprint density at radius 1 is 1.06 bits per heavy atom. The molecule has 32 heavy (non-hydrogen) atoms. The van der Waals surface area contributed by atoms with Gasteiger partial charge in [0.1, 0.15) is 5.60 Å². The molecule has 0 atom stereocenters. The Bertz CT molecular complexity index is 849. The van der Waals surface area contributed by atoms with Gasteiger partial charge in [0.2, 0.25) is 5.88 Å². The van der Waals surface area contributed by atoms with Crippen LogP contribution in [0.4, 0.5) is 10.5 Å². The Labute approximate surface area is 207 Å². The monoisotopic (exact) mass is 555 g/mol. The molecule has 0 bridgehead atoms. The molecule has 0 spiro atoms. The van der Waals surface area contributed by atoms with Gasteiger partial charge >= 0.3 is 6.09 Å². The van der Waals surface area contributed by atoms with Crippen molar-refractivity contribution in [1.82, 2.24) is 15.6 Å². The molecule has 8 nitrogen and oxygen atoms in total. The number of hydrogen-bond donors (Lipinski definition) is 3. The van der Waals surface area contributed by atoms with Crippen LogP contribution in [-0.4, -0.2) is 42.8 Å². The van der Waals surface area contributed by atoms with Crippen molar-refractivity contribution in [3.63, 3.8) is 0 Å². The van der Waals surface area contributed by atoms with E-state index in [1.807, 2.05) is 64.1 Å². The minimum absolute atomic E-state index is 0. The maximum atomic E-state index is 11.8. The zero-order valence-electron chi connectivity index (χ0n) is 19.4. The van der Waals surface area contributed by atoms with Crippen LogP contribution in [-0.2, 0) is 17.7 Å². The molecular formula is C23H34IN5O3. The SMILES string of the molecule is CCNC(=NCc1ccc(OC)nc1)NCCc1ccc(NC(=O)OC(C)(C)C)cc1.I. The van der Waals surface area contributed by atoms with Crippen LogP contribution in [0, 0.1) is 0 Å². The molecule has 0 aliphatic heterocycles. The second-order valence-electron chi connectivity index (χ2n) is 7.90. The zero-order chi connectivity index (χ0) is 22.7. The normalized spacial score (nSPS) is 11.2. The molecule has 3 N–H and O–H groups in total. The summed E-state index contributed by atoms with van der Waals surface area (Å²) in [6, 6.07) is 11.5. The van der Waals surface area contributed by atoms with Crippen molar-refractivity contribution >= 4 is 41.7 Å². The minimum atomic E-state index is -0.522. The summed E-state index contributed by atoms with van der Waals surface area (Å²) >= 11 is 0. The van der Waals surface area contributed by atoms with Gasteiger partial charge in [-0.1, -0.05) is 18.2 Å². The lowest BCUT2D eigenvalue weighted by Crippen LogP contribution is -2.38. The van der Waals surface area contributed by atoms with E-state index in [2.05, 4.69) is 25.9 Å². The molecule has 2 rings (SSSR count). The molecule has 1 aromatic carbocycles. The fourth-order valence-corrected chi connectivity index (χ4v) is 2.64. The predicted octanol–water partition coefficient (Wildman–Crippen LogP) is 4.35. The van der Waals surface area contributed by atoms with E-state index in [-0.39, 0.29) is 24.0 Å². The largest absolute Gasteiger partial charge is 0.481 e. The summed E-state index contributed by atoms with van der Waals surface area (Å²) in [5.41, 5.74) is 2.34. The summed E-state index contributed by atoms with van der Waals surface area (Å²) < 4.78 is 10.3. The van der Waals surface area contributed by atoms with E-state index in [1.54, 1.807) is 13.3 Å². The van der Waals surface area contributed by atoms with Crippen LogP contribution in [0.15, 0.2) is 47.6 Å². The number of methoxy groups -OCH3 is 1. The molecule has 2 aromatic rings. The van der Waals surface area contributed by atoms with Crippen molar-refractivity contribution in [1.29, 1.82) is 0 Å². The van der Waals surface area contributed by atoms with Crippen molar-refractivity contribution in [3.05, 3.63) is 53.7 Å². The Balaban J connectivity index is 0.00000512. The molecular weight excluding hydrogens is 521 g/mol. The van der Waals surface area contributed by atoms with Crippen molar-refractivity contribution in [2.75, 3.05) is 25.5 Å². The van der Waals surface area contributed by atoms with Crippen LogP contribution in [0.1, 0.15) is 38.8 Å². The summed E-state index contributed by atoms with van der Waals surface area (Å²) in [5.74, 6) is 1.34. The van der Waals surface area contributed by atoms with Gasteiger partial charge in [0, 0.05) is 31.0 Å². The minimum Gasteiger partial charge on any atom is -0.481 e. The number of benzene rings is 1. The van der Waals surface area contributed by atoms with Crippen LogP contribution in [0.5, 0.6) is 5.88 Å². The number of pyridine rings is 1. The predicted molar refractivity (Wildman–Crippen MR) is 139 cm³/mol. The number of aliphatic imine (C=N–C) groups is 1. The molecule has 0 aliphatic carbocycles. The van der Waals surface area contributed by atoms with Crippen molar-refractivity contribution in [2.45, 2.75) is 46.3 Å². The zero-order valence-corrected chi connectivity index (χ0v) is 21.7. The number of anilines is 1. The number of hydrogen-bond acceptors (Lipinski definition) is 5. The van der Waals surface area contributed by atoms with E-state index in [0.29, 0.717) is 18.1 Å². The van der Waals surface area contributed by atoms with Gasteiger partial charge < -0.3 is 20.1 Å². The number of carbonyl (C=O) groups is 1. The number of rotatable bonds is 8. The average Bonchev–Trinajstić information content (AvgIpc) is 2.72. The molecule has 1 amide bonds. The van der Waals surface area contributed by atoms with Gasteiger partial charge in [0.05, 0.1) is 13.7 Å². The molecule has 1 heterocycles. The van der Waals surface area contributed by atoms with Gasteiger partial charge in [-0.3, -0.25) is 5.32 Å². The molecule has 176 valence electrons.